The Hall–Kier alpha value is -3.09. The molecule has 26 heavy (non-hydrogen) atoms. The average molecular weight is 351 g/mol. The lowest BCUT2D eigenvalue weighted by Crippen LogP contribution is -2.45. The zero-order chi connectivity index (χ0) is 17.9. The molecule has 0 radical (unpaired) electrons. The molecule has 1 saturated heterocycles. The number of hydrogen-bond acceptors (Lipinski definition) is 5. The number of carbonyl (C=O) groups is 1. The summed E-state index contributed by atoms with van der Waals surface area (Å²) in [7, 11) is 0. The van der Waals surface area contributed by atoms with E-state index in [2.05, 4.69) is 25.2 Å². The quantitative estimate of drug-likeness (QED) is 0.785. The maximum atomic E-state index is 13.4. The van der Waals surface area contributed by atoms with Crippen LogP contribution >= 0.6 is 0 Å². The molecule has 2 aromatic heterocycles. The number of carbonyl (C=O) groups excluding carboxylic acids is 1. The van der Waals surface area contributed by atoms with Gasteiger partial charge in [0, 0.05) is 36.8 Å². The van der Waals surface area contributed by atoms with Gasteiger partial charge in [-0.2, -0.15) is 0 Å². The zero-order valence-electron chi connectivity index (χ0n) is 14.1. The average Bonchev–Trinajstić information content (AvgIpc) is 2.68. The number of pyridine rings is 1. The molecule has 1 aliphatic heterocycles. The van der Waals surface area contributed by atoms with Crippen molar-refractivity contribution in [3.8, 4) is 0 Å². The second-order valence-electron chi connectivity index (χ2n) is 6.31. The first kappa shape index (κ1) is 16.4. The molecule has 0 spiro atoms. The molecular weight excluding hydrogens is 333 g/mol. The SMILES string of the molecule is O=C(NC1CCN(c2ncnc3cc(F)ccc23)CC1)c1ccccn1. The summed E-state index contributed by atoms with van der Waals surface area (Å²) in [5.74, 6) is 0.356. The maximum absolute atomic E-state index is 13.4. The molecule has 0 saturated carbocycles. The summed E-state index contributed by atoms with van der Waals surface area (Å²) in [6, 6.07) is 9.95. The number of anilines is 1. The minimum atomic E-state index is -0.307. The topological polar surface area (TPSA) is 71.0 Å². The number of piperidine rings is 1. The molecular formula is C19H18FN5O. The van der Waals surface area contributed by atoms with Crippen molar-refractivity contribution in [2.45, 2.75) is 18.9 Å². The first-order valence-corrected chi connectivity index (χ1v) is 8.58. The molecule has 0 unspecified atom stereocenters. The molecule has 0 atom stereocenters. The Balaban J connectivity index is 1.43. The van der Waals surface area contributed by atoms with Gasteiger partial charge in [-0.05, 0) is 37.1 Å². The first-order valence-electron chi connectivity index (χ1n) is 8.58. The van der Waals surface area contributed by atoms with Crippen molar-refractivity contribution in [2.24, 2.45) is 0 Å². The van der Waals surface area contributed by atoms with Crippen LogP contribution in [0.2, 0.25) is 0 Å². The number of amides is 1. The number of rotatable bonds is 3. The molecule has 0 aliphatic carbocycles. The van der Waals surface area contributed by atoms with Crippen LogP contribution in [0.5, 0.6) is 0 Å². The van der Waals surface area contributed by atoms with Crippen LogP contribution in [0.25, 0.3) is 10.9 Å². The molecule has 1 aliphatic rings. The fourth-order valence-electron chi connectivity index (χ4n) is 3.26. The molecule has 6 nitrogen and oxygen atoms in total. The first-order chi connectivity index (χ1) is 12.7. The summed E-state index contributed by atoms with van der Waals surface area (Å²) < 4.78 is 13.4. The van der Waals surface area contributed by atoms with Crippen LogP contribution in [-0.2, 0) is 0 Å². The van der Waals surface area contributed by atoms with Crippen molar-refractivity contribution in [2.75, 3.05) is 18.0 Å². The van der Waals surface area contributed by atoms with Crippen LogP contribution in [0.4, 0.5) is 10.2 Å². The Labute approximate surface area is 150 Å². The lowest BCUT2D eigenvalue weighted by atomic mass is 10.0. The summed E-state index contributed by atoms with van der Waals surface area (Å²) >= 11 is 0. The van der Waals surface area contributed by atoms with Crippen molar-refractivity contribution in [1.29, 1.82) is 0 Å². The molecule has 1 N–H and O–H groups in total. The largest absolute Gasteiger partial charge is 0.356 e. The van der Waals surface area contributed by atoms with Crippen LogP contribution in [0, 0.1) is 5.82 Å². The highest BCUT2D eigenvalue weighted by atomic mass is 19.1. The Morgan fingerprint density at radius 1 is 1.12 bits per heavy atom. The lowest BCUT2D eigenvalue weighted by molar-refractivity contribution is 0.0926. The highest BCUT2D eigenvalue weighted by Gasteiger charge is 2.23. The van der Waals surface area contributed by atoms with E-state index in [-0.39, 0.29) is 17.8 Å². The standard InChI is InChI=1S/C19H18FN5O/c20-13-4-5-15-17(11-13)22-12-23-18(15)25-9-6-14(7-10-25)24-19(26)16-3-1-2-8-21-16/h1-5,8,11-12,14H,6-7,9-10H2,(H,24,26). The highest BCUT2D eigenvalue weighted by molar-refractivity contribution is 5.92. The van der Waals surface area contributed by atoms with E-state index in [0.717, 1.165) is 37.1 Å². The number of aromatic nitrogens is 3. The lowest BCUT2D eigenvalue weighted by Gasteiger charge is -2.33. The van der Waals surface area contributed by atoms with E-state index in [1.165, 1.54) is 18.5 Å². The Bertz CT molecular complexity index is 926. The van der Waals surface area contributed by atoms with E-state index in [4.69, 9.17) is 0 Å². The van der Waals surface area contributed by atoms with Gasteiger partial charge in [0.25, 0.3) is 5.91 Å². The summed E-state index contributed by atoms with van der Waals surface area (Å²) in [5.41, 5.74) is 1.03. The number of nitrogens with one attached hydrogen (secondary N) is 1. The van der Waals surface area contributed by atoms with Crippen molar-refractivity contribution in [3.63, 3.8) is 0 Å². The van der Waals surface area contributed by atoms with Crippen LogP contribution in [-0.4, -0.2) is 40.0 Å². The van der Waals surface area contributed by atoms with Gasteiger partial charge in [-0.3, -0.25) is 9.78 Å². The molecule has 3 heterocycles. The number of halogens is 1. The number of fused-ring (bicyclic) bond motifs is 1. The Kier molecular flexibility index (Phi) is 4.43. The number of nitrogens with zero attached hydrogens (tertiary/aromatic N) is 4. The van der Waals surface area contributed by atoms with Crippen LogP contribution in [0.3, 0.4) is 0 Å². The second-order valence-corrected chi connectivity index (χ2v) is 6.31. The van der Waals surface area contributed by atoms with E-state index in [0.29, 0.717) is 11.2 Å². The van der Waals surface area contributed by atoms with Gasteiger partial charge in [0.2, 0.25) is 0 Å². The third kappa shape index (κ3) is 3.33. The molecule has 3 aromatic rings. The minimum Gasteiger partial charge on any atom is -0.356 e. The predicted octanol–water partition coefficient (Wildman–Crippen LogP) is 2.56. The number of hydrogen-bond donors (Lipinski definition) is 1. The molecule has 7 heteroatoms. The molecule has 1 fully saturated rings. The van der Waals surface area contributed by atoms with Crippen molar-refractivity contribution >= 4 is 22.6 Å². The molecule has 1 aromatic carbocycles. The van der Waals surface area contributed by atoms with E-state index >= 15 is 0 Å². The monoisotopic (exact) mass is 351 g/mol. The van der Waals surface area contributed by atoms with E-state index in [1.54, 1.807) is 30.5 Å². The molecule has 132 valence electrons. The fraction of sp³-hybridized carbons (Fsp3) is 0.263. The van der Waals surface area contributed by atoms with Gasteiger partial charge in [-0.25, -0.2) is 14.4 Å². The predicted molar refractivity (Wildman–Crippen MR) is 96.4 cm³/mol. The molecule has 4 rings (SSSR count). The third-order valence-corrected chi connectivity index (χ3v) is 4.60. The van der Waals surface area contributed by atoms with Crippen molar-refractivity contribution < 1.29 is 9.18 Å². The fourth-order valence-corrected chi connectivity index (χ4v) is 3.26. The van der Waals surface area contributed by atoms with Crippen molar-refractivity contribution in [3.05, 3.63) is 60.4 Å². The van der Waals surface area contributed by atoms with Gasteiger partial charge in [0.05, 0.1) is 5.52 Å². The van der Waals surface area contributed by atoms with Gasteiger partial charge in [0.1, 0.15) is 23.7 Å². The van der Waals surface area contributed by atoms with E-state index in [1.807, 2.05) is 0 Å². The van der Waals surface area contributed by atoms with Crippen LogP contribution in [0.1, 0.15) is 23.3 Å². The zero-order valence-corrected chi connectivity index (χ0v) is 14.1. The smallest absolute Gasteiger partial charge is 0.270 e. The second kappa shape index (κ2) is 7.03. The van der Waals surface area contributed by atoms with E-state index < -0.39 is 0 Å². The third-order valence-electron chi connectivity index (χ3n) is 4.60. The minimum absolute atomic E-state index is 0.103. The maximum Gasteiger partial charge on any atom is 0.270 e. The summed E-state index contributed by atoms with van der Waals surface area (Å²) in [6.45, 7) is 1.52. The Morgan fingerprint density at radius 3 is 2.73 bits per heavy atom. The van der Waals surface area contributed by atoms with Gasteiger partial charge in [-0.1, -0.05) is 6.07 Å². The highest BCUT2D eigenvalue weighted by Crippen LogP contribution is 2.26. The van der Waals surface area contributed by atoms with Crippen molar-refractivity contribution in [1.82, 2.24) is 20.3 Å². The number of benzene rings is 1. The normalized spacial score (nSPS) is 15.2. The molecule has 0 bridgehead atoms. The van der Waals surface area contributed by atoms with Gasteiger partial charge < -0.3 is 10.2 Å². The van der Waals surface area contributed by atoms with Crippen LogP contribution in [0.15, 0.2) is 48.9 Å². The van der Waals surface area contributed by atoms with Crippen LogP contribution < -0.4 is 10.2 Å². The van der Waals surface area contributed by atoms with Gasteiger partial charge in [0.15, 0.2) is 0 Å². The summed E-state index contributed by atoms with van der Waals surface area (Å²) in [4.78, 5) is 27.0. The van der Waals surface area contributed by atoms with Gasteiger partial charge in [-0.15, -0.1) is 0 Å². The Morgan fingerprint density at radius 2 is 1.96 bits per heavy atom. The molecule has 1 amide bonds. The summed E-state index contributed by atoms with van der Waals surface area (Å²) in [5, 5.41) is 3.88. The van der Waals surface area contributed by atoms with Gasteiger partial charge >= 0.3 is 0 Å². The van der Waals surface area contributed by atoms with E-state index in [9.17, 15) is 9.18 Å². The summed E-state index contributed by atoms with van der Waals surface area (Å²) in [6.07, 6.45) is 4.70.